The molecule has 43 heavy (non-hydrogen) atoms. The fraction of sp³-hybridized carbons (Fsp3) is 0.103. The summed E-state index contributed by atoms with van der Waals surface area (Å²) in [5.41, 5.74) is 11.1. The number of nitriles is 1. The molecule has 0 fully saturated rings. The van der Waals surface area contributed by atoms with Gasteiger partial charge in [0.1, 0.15) is 17.4 Å². The highest BCUT2D eigenvalue weighted by Crippen LogP contribution is 2.44. The van der Waals surface area contributed by atoms with Gasteiger partial charge < -0.3 is 8.98 Å². The van der Waals surface area contributed by atoms with E-state index in [0.29, 0.717) is 5.56 Å². The molecule has 0 saturated carbocycles. The van der Waals surface area contributed by atoms with Gasteiger partial charge in [-0.05, 0) is 98.5 Å². The maximum absolute atomic E-state index is 10.3. The summed E-state index contributed by atoms with van der Waals surface area (Å²) in [6.45, 7) is 4.31. The van der Waals surface area contributed by atoms with Crippen LogP contribution in [0.3, 0.4) is 0 Å². The van der Waals surface area contributed by atoms with Crippen LogP contribution in [0.2, 0.25) is 0 Å². The molecule has 3 aromatic heterocycles. The Morgan fingerprint density at radius 2 is 1.51 bits per heavy atom. The van der Waals surface area contributed by atoms with Crippen molar-refractivity contribution in [2.24, 2.45) is 0 Å². The van der Waals surface area contributed by atoms with Crippen LogP contribution in [0.4, 0.5) is 0 Å². The molecule has 0 unspecified atom stereocenters. The number of furan rings is 1. The lowest BCUT2D eigenvalue weighted by molar-refractivity contribution is 0.595. The third kappa shape index (κ3) is 3.52. The highest BCUT2D eigenvalue weighted by Gasteiger charge is 2.20. The summed E-state index contributed by atoms with van der Waals surface area (Å²) in [5.74, 6) is 0.971. The minimum absolute atomic E-state index is 0.713. The molecule has 0 atom stereocenters. The van der Waals surface area contributed by atoms with Gasteiger partial charge in [0, 0.05) is 32.5 Å². The smallest absolute Gasteiger partial charge is 0.135 e. The predicted molar refractivity (Wildman–Crippen MR) is 180 cm³/mol. The molecule has 8 aromatic rings. The van der Waals surface area contributed by atoms with Crippen LogP contribution < -0.4 is 0 Å². The third-order valence-electron chi connectivity index (χ3n) is 9.00. The zero-order chi connectivity index (χ0) is 28.8. The summed E-state index contributed by atoms with van der Waals surface area (Å²) in [5, 5.41) is 16.4. The Balaban J connectivity index is 1.30. The first-order chi connectivity index (χ1) is 21.1. The van der Waals surface area contributed by atoms with Crippen LogP contribution in [0.5, 0.6) is 0 Å². The van der Waals surface area contributed by atoms with E-state index in [1.54, 1.807) is 11.3 Å². The van der Waals surface area contributed by atoms with Crippen molar-refractivity contribution in [2.75, 3.05) is 0 Å². The van der Waals surface area contributed by atoms with E-state index in [0.717, 1.165) is 51.1 Å². The summed E-state index contributed by atoms with van der Waals surface area (Å²) in [6, 6.07) is 33.3. The minimum Gasteiger partial charge on any atom is -0.456 e. The second-order valence-electron chi connectivity index (χ2n) is 11.7. The molecule has 9 rings (SSSR count). The Morgan fingerprint density at radius 1 is 0.744 bits per heavy atom. The van der Waals surface area contributed by atoms with Crippen LogP contribution in [0.25, 0.3) is 75.8 Å². The molecule has 3 heterocycles. The lowest BCUT2D eigenvalue weighted by atomic mass is 9.96. The number of fused-ring (bicyclic) bond motifs is 9. The summed E-state index contributed by atoms with van der Waals surface area (Å²) in [4.78, 5) is 0. The number of nitrogens with zero attached hydrogens (tertiary/aromatic N) is 2. The van der Waals surface area contributed by atoms with Gasteiger partial charge in [-0.2, -0.15) is 5.26 Å². The lowest BCUT2D eigenvalue weighted by Crippen LogP contribution is -1.94. The van der Waals surface area contributed by atoms with Gasteiger partial charge in [0.25, 0.3) is 0 Å². The van der Waals surface area contributed by atoms with E-state index in [-0.39, 0.29) is 0 Å². The fourth-order valence-corrected chi connectivity index (χ4v) is 8.23. The quantitative estimate of drug-likeness (QED) is 0.207. The van der Waals surface area contributed by atoms with Crippen molar-refractivity contribution in [3.8, 4) is 22.9 Å². The molecule has 5 aromatic carbocycles. The van der Waals surface area contributed by atoms with Crippen LogP contribution in [0, 0.1) is 25.2 Å². The number of thiophene rings is 1. The number of aromatic nitrogens is 1. The highest BCUT2D eigenvalue weighted by atomic mass is 32.1. The minimum atomic E-state index is 0.713. The molecular weight excluding hydrogens is 545 g/mol. The molecule has 204 valence electrons. The summed E-state index contributed by atoms with van der Waals surface area (Å²) < 4.78 is 10.8. The van der Waals surface area contributed by atoms with E-state index >= 15 is 0 Å². The zero-order valence-corrected chi connectivity index (χ0v) is 24.7. The average Bonchev–Trinajstić information content (AvgIpc) is 3.69. The molecule has 0 saturated heterocycles. The Morgan fingerprint density at radius 3 is 2.28 bits per heavy atom. The van der Waals surface area contributed by atoms with Gasteiger partial charge in [-0.1, -0.05) is 47.5 Å². The number of allylic oxidation sites excluding steroid dienone is 1. The van der Waals surface area contributed by atoms with E-state index < -0.39 is 0 Å². The molecule has 0 amide bonds. The van der Waals surface area contributed by atoms with E-state index in [2.05, 4.69) is 122 Å². The van der Waals surface area contributed by atoms with Crippen LogP contribution in [0.1, 0.15) is 34.4 Å². The fourth-order valence-electron chi connectivity index (χ4n) is 6.98. The normalized spacial score (nSPS) is 13.0. The third-order valence-corrected chi connectivity index (χ3v) is 10.3. The Kier molecular flexibility index (Phi) is 5.09. The van der Waals surface area contributed by atoms with Crippen LogP contribution in [-0.2, 0) is 6.42 Å². The number of rotatable bonds is 2. The van der Waals surface area contributed by atoms with Crippen molar-refractivity contribution in [1.29, 1.82) is 5.26 Å². The maximum Gasteiger partial charge on any atom is 0.135 e. The standard InChI is InChI=1S/C39H26N2OS/c1-22-10-13-33-29(16-22)30-17-23(2)11-14-34(30)41(33)35-8-5-7-28-32-20-25(18-26(21-40)38(32)43-39(28)35)24-12-15-37-31(19-24)27-6-3-4-9-36(27)42-37/h4-5,7-20H,3,6H2,1-2H3. The van der Waals surface area contributed by atoms with Gasteiger partial charge in [-0.25, -0.2) is 0 Å². The molecule has 4 heteroatoms. The maximum atomic E-state index is 10.3. The first-order valence-electron chi connectivity index (χ1n) is 14.7. The second-order valence-corrected chi connectivity index (χ2v) is 12.8. The van der Waals surface area contributed by atoms with Gasteiger partial charge in [0.2, 0.25) is 0 Å². The topological polar surface area (TPSA) is 41.9 Å². The zero-order valence-electron chi connectivity index (χ0n) is 23.9. The van der Waals surface area contributed by atoms with E-state index in [4.69, 9.17) is 4.42 Å². The summed E-state index contributed by atoms with van der Waals surface area (Å²) >= 11 is 1.72. The van der Waals surface area contributed by atoms with Crippen LogP contribution >= 0.6 is 11.3 Å². The molecule has 1 aliphatic carbocycles. The largest absolute Gasteiger partial charge is 0.456 e. The number of hydrogen-bond donors (Lipinski definition) is 0. The number of hydrogen-bond acceptors (Lipinski definition) is 3. The van der Waals surface area contributed by atoms with Crippen molar-refractivity contribution in [3.05, 3.63) is 119 Å². The first kappa shape index (κ1) is 24.5. The van der Waals surface area contributed by atoms with Crippen molar-refractivity contribution in [3.63, 3.8) is 0 Å². The van der Waals surface area contributed by atoms with E-state index in [1.165, 1.54) is 54.0 Å². The van der Waals surface area contributed by atoms with E-state index in [1.807, 2.05) is 0 Å². The molecule has 0 N–H and O–H groups in total. The molecule has 1 aliphatic rings. The SMILES string of the molecule is Cc1ccc2c(c1)c1cc(C)ccc1n2-c1cccc2c1sc1c(C#N)cc(-c3ccc4oc5c(c4c3)CCC=C5)cc12. The summed E-state index contributed by atoms with van der Waals surface area (Å²) in [7, 11) is 0. The van der Waals surface area contributed by atoms with Gasteiger partial charge >= 0.3 is 0 Å². The van der Waals surface area contributed by atoms with Gasteiger partial charge in [0.15, 0.2) is 0 Å². The van der Waals surface area contributed by atoms with Crippen molar-refractivity contribution < 1.29 is 4.42 Å². The Hall–Kier alpha value is -5.11. The van der Waals surface area contributed by atoms with Crippen molar-refractivity contribution >= 4 is 70.4 Å². The Bertz CT molecular complexity index is 2490. The van der Waals surface area contributed by atoms with Crippen LogP contribution in [0.15, 0.2) is 95.4 Å². The van der Waals surface area contributed by atoms with Gasteiger partial charge in [-0.15, -0.1) is 11.3 Å². The predicted octanol–water partition coefficient (Wildman–Crippen LogP) is 11.0. The molecule has 0 radical (unpaired) electrons. The molecule has 0 bridgehead atoms. The van der Waals surface area contributed by atoms with Gasteiger partial charge in [-0.3, -0.25) is 0 Å². The Labute approximate surface area is 252 Å². The van der Waals surface area contributed by atoms with Crippen molar-refractivity contribution in [1.82, 2.24) is 4.57 Å². The highest BCUT2D eigenvalue weighted by molar-refractivity contribution is 7.26. The summed E-state index contributed by atoms with van der Waals surface area (Å²) in [6.07, 6.45) is 6.29. The van der Waals surface area contributed by atoms with Crippen LogP contribution in [-0.4, -0.2) is 4.57 Å². The molecule has 0 spiro atoms. The number of aryl methyl sites for hydroxylation is 3. The molecule has 3 nitrogen and oxygen atoms in total. The average molecular weight is 571 g/mol. The monoisotopic (exact) mass is 570 g/mol. The molecular formula is C39H26N2OS. The molecule has 0 aliphatic heterocycles. The van der Waals surface area contributed by atoms with Gasteiger partial charge in [0.05, 0.1) is 31.7 Å². The second kappa shape index (κ2) is 8.94. The van der Waals surface area contributed by atoms with E-state index in [9.17, 15) is 5.26 Å². The first-order valence-corrected chi connectivity index (χ1v) is 15.5. The van der Waals surface area contributed by atoms with Crippen molar-refractivity contribution in [2.45, 2.75) is 26.7 Å². The number of benzene rings is 5. The lowest BCUT2D eigenvalue weighted by Gasteiger charge is -2.09.